The summed E-state index contributed by atoms with van der Waals surface area (Å²) in [5.41, 5.74) is 0.620. The molecule has 1 heterocycles. The minimum absolute atomic E-state index is 0.260. The van der Waals surface area contributed by atoms with Crippen molar-refractivity contribution in [2.45, 2.75) is 6.42 Å². The van der Waals surface area contributed by atoms with Gasteiger partial charge in [-0.25, -0.2) is 0 Å². The van der Waals surface area contributed by atoms with Gasteiger partial charge in [0.2, 0.25) is 0 Å². The summed E-state index contributed by atoms with van der Waals surface area (Å²) >= 11 is 0. The van der Waals surface area contributed by atoms with Crippen molar-refractivity contribution in [2.24, 2.45) is 0 Å². The van der Waals surface area contributed by atoms with Gasteiger partial charge in [-0.1, -0.05) is 5.92 Å². The summed E-state index contributed by atoms with van der Waals surface area (Å²) < 4.78 is 4.41. The molecule has 0 spiro atoms. The molecule has 0 unspecified atom stereocenters. The number of cyclic esters (lactones) is 1. The average molecular weight is 108 g/mol. The molecule has 0 fully saturated rings. The molecule has 1 aliphatic rings. The zero-order valence-corrected chi connectivity index (χ0v) is 4.18. The number of esters is 1. The Morgan fingerprint density at radius 1 is 1.88 bits per heavy atom. The minimum atomic E-state index is -0.266. The fraction of sp³-hybridized carbons (Fsp3) is 0.167. The highest BCUT2D eigenvalue weighted by Crippen LogP contribution is 2.08. The van der Waals surface area contributed by atoms with E-state index in [1.54, 1.807) is 0 Å². The largest absolute Gasteiger partial charge is 0.433 e. The highest BCUT2D eigenvalue weighted by atomic mass is 16.5. The van der Waals surface area contributed by atoms with Crippen LogP contribution in [-0.4, -0.2) is 5.97 Å². The van der Waals surface area contributed by atoms with Gasteiger partial charge in [0.05, 0.1) is 6.42 Å². The third-order valence-electron chi connectivity index (χ3n) is 0.853. The summed E-state index contributed by atoms with van der Waals surface area (Å²) in [5, 5.41) is 0. The Hall–Kier alpha value is -1.23. The highest BCUT2D eigenvalue weighted by Gasteiger charge is 2.11. The number of hydrogen-bond donors (Lipinski definition) is 0. The Balaban J connectivity index is 2.66. The van der Waals surface area contributed by atoms with Gasteiger partial charge in [0.25, 0.3) is 0 Å². The molecule has 0 atom stereocenters. The maximum Gasteiger partial charge on any atom is 0.315 e. The van der Waals surface area contributed by atoms with E-state index >= 15 is 0 Å². The summed E-state index contributed by atoms with van der Waals surface area (Å²) in [4.78, 5) is 10.2. The lowest BCUT2D eigenvalue weighted by Gasteiger charge is -1.79. The average Bonchev–Trinajstić information content (AvgIpc) is 2.14. The molecule has 1 aliphatic heterocycles. The Labute approximate surface area is 47.1 Å². The van der Waals surface area contributed by atoms with Crippen LogP contribution in [0.5, 0.6) is 0 Å². The molecule has 0 aliphatic carbocycles. The molecule has 0 aromatic rings. The van der Waals surface area contributed by atoms with Gasteiger partial charge in [-0.2, -0.15) is 0 Å². The third kappa shape index (κ3) is 0.710. The van der Waals surface area contributed by atoms with E-state index in [1.807, 2.05) is 0 Å². The number of carbonyl (C=O) groups excluding carboxylic acids is 1. The molecular weight excluding hydrogens is 104 g/mol. The molecule has 0 bridgehead atoms. The zero-order chi connectivity index (χ0) is 5.98. The first-order valence-corrected chi connectivity index (χ1v) is 2.18. The second-order valence-corrected chi connectivity index (χ2v) is 1.45. The number of hydrogen-bond acceptors (Lipinski definition) is 2. The molecule has 0 saturated heterocycles. The van der Waals surface area contributed by atoms with E-state index < -0.39 is 0 Å². The van der Waals surface area contributed by atoms with Gasteiger partial charge < -0.3 is 4.74 Å². The van der Waals surface area contributed by atoms with E-state index in [2.05, 4.69) is 10.7 Å². The first-order chi connectivity index (χ1) is 3.83. The van der Waals surface area contributed by atoms with E-state index in [0.717, 1.165) is 0 Å². The lowest BCUT2D eigenvalue weighted by molar-refractivity contribution is -0.135. The second kappa shape index (κ2) is 1.71. The smallest absolute Gasteiger partial charge is 0.315 e. The van der Waals surface area contributed by atoms with Gasteiger partial charge in [0, 0.05) is 5.57 Å². The molecule has 0 aromatic carbocycles. The molecule has 8 heavy (non-hydrogen) atoms. The summed E-state index contributed by atoms with van der Waals surface area (Å²) in [6.07, 6.45) is 6.51. The quantitative estimate of drug-likeness (QED) is 0.332. The standard InChI is InChI=1S/C6H4O2/c1-2-5-3-6(7)8-4-5/h1,4H,3H2. The molecule has 0 saturated carbocycles. The first-order valence-electron chi connectivity index (χ1n) is 2.18. The van der Waals surface area contributed by atoms with Gasteiger partial charge in [-0.05, 0) is 0 Å². The van der Waals surface area contributed by atoms with Crippen molar-refractivity contribution in [1.29, 1.82) is 0 Å². The van der Waals surface area contributed by atoms with Gasteiger partial charge >= 0.3 is 5.97 Å². The van der Waals surface area contributed by atoms with Crippen LogP contribution >= 0.6 is 0 Å². The van der Waals surface area contributed by atoms with Crippen LogP contribution < -0.4 is 0 Å². The van der Waals surface area contributed by atoms with Gasteiger partial charge in [-0.3, -0.25) is 4.79 Å². The van der Waals surface area contributed by atoms with E-state index in [0.29, 0.717) is 5.57 Å². The van der Waals surface area contributed by atoms with Crippen molar-refractivity contribution < 1.29 is 9.53 Å². The highest BCUT2D eigenvalue weighted by molar-refractivity contribution is 5.77. The predicted molar refractivity (Wildman–Crippen MR) is 27.6 cm³/mol. The fourth-order valence-corrected chi connectivity index (χ4v) is 0.461. The fourth-order valence-electron chi connectivity index (χ4n) is 0.461. The Morgan fingerprint density at radius 3 is 2.88 bits per heavy atom. The van der Waals surface area contributed by atoms with Gasteiger partial charge in [0.15, 0.2) is 0 Å². The number of rotatable bonds is 0. The summed E-state index contributed by atoms with van der Waals surface area (Å²) in [6, 6.07) is 0. The van der Waals surface area contributed by atoms with Crippen molar-refractivity contribution in [3.05, 3.63) is 11.8 Å². The monoisotopic (exact) mass is 108 g/mol. The first kappa shape index (κ1) is 4.92. The third-order valence-corrected chi connectivity index (χ3v) is 0.853. The van der Waals surface area contributed by atoms with E-state index in [4.69, 9.17) is 6.42 Å². The number of terminal acetylenes is 1. The zero-order valence-electron chi connectivity index (χ0n) is 4.18. The maximum atomic E-state index is 10.2. The van der Waals surface area contributed by atoms with Crippen LogP contribution in [0.1, 0.15) is 6.42 Å². The van der Waals surface area contributed by atoms with Crippen molar-refractivity contribution in [2.75, 3.05) is 0 Å². The topological polar surface area (TPSA) is 26.3 Å². The van der Waals surface area contributed by atoms with Crippen LogP contribution in [0.2, 0.25) is 0 Å². The second-order valence-electron chi connectivity index (χ2n) is 1.45. The maximum absolute atomic E-state index is 10.2. The van der Waals surface area contributed by atoms with Crippen LogP contribution in [-0.2, 0) is 9.53 Å². The summed E-state index contributed by atoms with van der Waals surface area (Å²) in [6.45, 7) is 0. The minimum Gasteiger partial charge on any atom is -0.433 e. The summed E-state index contributed by atoms with van der Waals surface area (Å²) in [7, 11) is 0. The number of carbonyl (C=O) groups is 1. The molecule has 40 valence electrons. The molecule has 1 rings (SSSR count). The van der Waals surface area contributed by atoms with Crippen molar-refractivity contribution in [3.63, 3.8) is 0 Å². The number of ether oxygens (including phenoxy) is 1. The summed E-state index contributed by atoms with van der Waals surface area (Å²) in [5.74, 6) is 2.04. The van der Waals surface area contributed by atoms with Gasteiger partial charge in [0.1, 0.15) is 6.26 Å². The lowest BCUT2D eigenvalue weighted by atomic mass is 10.2. The molecule has 2 heteroatoms. The molecule has 0 radical (unpaired) electrons. The van der Waals surface area contributed by atoms with Crippen molar-refractivity contribution >= 4 is 5.97 Å². The Kier molecular flexibility index (Phi) is 1.05. The van der Waals surface area contributed by atoms with Crippen LogP contribution in [0.25, 0.3) is 0 Å². The van der Waals surface area contributed by atoms with Crippen LogP contribution in [0.3, 0.4) is 0 Å². The molecular formula is C6H4O2. The van der Waals surface area contributed by atoms with Crippen LogP contribution in [0, 0.1) is 12.3 Å². The normalized spacial score (nSPS) is 16.9. The molecule has 0 aromatic heterocycles. The SMILES string of the molecule is C#CC1=COC(=O)C1. The lowest BCUT2D eigenvalue weighted by Crippen LogP contribution is -1.89. The Bertz CT molecular complexity index is 183. The molecule has 0 amide bonds. The predicted octanol–water partition coefficient (Wildman–Crippen LogP) is 0.450. The van der Waals surface area contributed by atoms with Crippen molar-refractivity contribution in [3.8, 4) is 12.3 Å². The van der Waals surface area contributed by atoms with E-state index in [9.17, 15) is 4.79 Å². The van der Waals surface area contributed by atoms with Crippen molar-refractivity contribution in [1.82, 2.24) is 0 Å². The Morgan fingerprint density at radius 2 is 2.62 bits per heavy atom. The molecule has 2 nitrogen and oxygen atoms in total. The molecule has 0 N–H and O–H groups in total. The van der Waals surface area contributed by atoms with Gasteiger partial charge in [-0.15, -0.1) is 6.42 Å². The van der Waals surface area contributed by atoms with Crippen LogP contribution in [0.15, 0.2) is 11.8 Å². The van der Waals surface area contributed by atoms with Crippen LogP contribution in [0.4, 0.5) is 0 Å². The van der Waals surface area contributed by atoms with E-state index in [-0.39, 0.29) is 12.4 Å². The van der Waals surface area contributed by atoms with E-state index in [1.165, 1.54) is 6.26 Å².